The molecule has 7 nitrogen and oxygen atoms in total. The molecule has 1 saturated carbocycles. The molecule has 0 radical (unpaired) electrons. The van der Waals surface area contributed by atoms with E-state index in [-0.39, 0.29) is 11.4 Å². The summed E-state index contributed by atoms with van der Waals surface area (Å²) in [5.41, 5.74) is -0.701. The molecular weight excluding hydrogens is 394 g/mol. The number of anilines is 4. The Morgan fingerprint density at radius 2 is 1.90 bits per heavy atom. The first-order chi connectivity index (χ1) is 14.4. The van der Waals surface area contributed by atoms with Crippen LogP contribution in [0.2, 0.25) is 0 Å². The van der Waals surface area contributed by atoms with E-state index in [4.69, 9.17) is 4.74 Å². The van der Waals surface area contributed by atoms with Gasteiger partial charge >= 0.3 is 5.97 Å². The number of alkyl halides is 1. The molecule has 154 valence electrons. The number of nitrogens with zero attached hydrogens (tertiary/aromatic N) is 2. The Kier molecular flexibility index (Phi) is 4.94. The van der Waals surface area contributed by atoms with E-state index >= 15 is 0 Å². The number of carbonyl (C=O) groups is 1. The van der Waals surface area contributed by atoms with Crippen molar-refractivity contribution < 1.29 is 23.4 Å². The second kappa shape index (κ2) is 7.58. The number of ether oxygens (including phenoxy) is 1. The van der Waals surface area contributed by atoms with Crippen molar-refractivity contribution in [3.05, 3.63) is 65.6 Å². The van der Waals surface area contributed by atoms with Crippen LogP contribution in [0.4, 0.5) is 31.9 Å². The van der Waals surface area contributed by atoms with E-state index in [1.807, 2.05) is 0 Å². The van der Waals surface area contributed by atoms with Crippen LogP contribution in [-0.2, 0) is 5.67 Å². The molecule has 3 N–H and O–H groups in total. The van der Waals surface area contributed by atoms with Crippen LogP contribution < -0.4 is 15.4 Å². The smallest absolute Gasteiger partial charge is 0.339 e. The van der Waals surface area contributed by atoms with Gasteiger partial charge in [0.15, 0.2) is 0 Å². The molecular formula is C21H18F2N4O3. The van der Waals surface area contributed by atoms with E-state index in [9.17, 15) is 18.7 Å². The molecule has 0 amide bonds. The van der Waals surface area contributed by atoms with Gasteiger partial charge in [0.2, 0.25) is 0 Å². The molecule has 1 fully saturated rings. The zero-order valence-electron chi connectivity index (χ0n) is 15.9. The molecule has 4 rings (SSSR count). The minimum Gasteiger partial charge on any atom is -0.494 e. The molecule has 0 saturated heterocycles. The Morgan fingerprint density at radius 1 is 1.13 bits per heavy atom. The van der Waals surface area contributed by atoms with Gasteiger partial charge in [-0.05, 0) is 43.2 Å². The Morgan fingerprint density at radius 3 is 2.53 bits per heavy atom. The zero-order chi connectivity index (χ0) is 21.3. The van der Waals surface area contributed by atoms with E-state index in [1.54, 1.807) is 18.2 Å². The lowest BCUT2D eigenvalue weighted by molar-refractivity contribution is 0.0697. The Hall–Kier alpha value is -3.75. The maximum absolute atomic E-state index is 14.7. The summed E-state index contributed by atoms with van der Waals surface area (Å²) in [4.78, 5) is 19.9. The number of benzene rings is 1. The van der Waals surface area contributed by atoms with E-state index in [2.05, 4.69) is 20.6 Å². The first kappa shape index (κ1) is 19.6. The number of hydrogen-bond donors (Lipinski definition) is 3. The van der Waals surface area contributed by atoms with Gasteiger partial charge in [0.25, 0.3) is 0 Å². The van der Waals surface area contributed by atoms with Crippen molar-refractivity contribution in [3.63, 3.8) is 0 Å². The lowest BCUT2D eigenvalue weighted by atomic mass is 10.1. The van der Waals surface area contributed by atoms with Crippen LogP contribution in [0.1, 0.15) is 28.8 Å². The number of hydrogen-bond acceptors (Lipinski definition) is 6. The van der Waals surface area contributed by atoms with Crippen molar-refractivity contribution >= 4 is 29.1 Å². The monoisotopic (exact) mass is 412 g/mol. The molecule has 2 aromatic heterocycles. The summed E-state index contributed by atoms with van der Waals surface area (Å²) in [5.74, 6) is -0.699. The normalized spacial score (nSPS) is 14.1. The molecule has 0 spiro atoms. The number of halogens is 2. The van der Waals surface area contributed by atoms with Gasteiger partial charge in [-0.2, -0.15) is 0 Å². The van der Waals surface area contributed by atoms with Crippen LogP contribution in [0.3, 0.4) is 0 Å². The van der Waals surface area contributed by atoms with Crippen molar-refractivity contribution in [2.75, 3.05) is 17.7 Å². The summed E-state index contributed by atoms with van der Waals surface area (Å²) in [6, 6.07) is 10.5. The van der Waals surface area contributed by atoms with Crippen molar-refractivity contribution in [2.45, 2.75) is 18.5 Å². The highest BCUT2D eigenvalue weighted by Gasteiger charge is 2.47. The first-order valence-electron chi connectivity index (χ1n) is 9.16. The fourth-order valence-electron chi connectivity index (χ4n) is 3.09. The molecule has 0 unspecified atom stereocenters. The summed E-state index contributed by atoms with van der Waals surface area (Å²) >= 11 is 0. The number of nitrogens with one attached hydrogen (secondary N) is 2. The zero-order valence-corrected chi connectivity index (χ0v) is 15.9. The van der Waals surface area contributed by atoms with Gasteiger partial charge < -0.3 is 20.5 Å². The molecule has 3 aromatic rings. The van der Waals surface area contributed by atoms with Crippen LogP contribution in [0.5, 0.6) is 5.75 Å². The number of carboxylic acid groups (broad SMARTS) is 1. The Bertz CT molecular complexity index is 1100. The van der Waals surface area contributed by atoms with Gasteiger partial charge in [-0.1, -0.05) is 12.1 Å². The lowest BCUT2D eigenvalue weighted by Crippen LogP contribution is -2.09. The fraction of sp³-hybridized carbons (Fsp3) is 0.190. The summed E-state index contributed by atoms with van der Waals surface area (Å²) in [6.45, 7) is 0. The number of methoxy groups -OCH3 is 1. The molecule has 30 heavy (non-hydrogen) atoms. The molecule has 1 aliphatic rings. The predicted molar refractivity (Wildman–Crippen MR) is 107 cm³/mol. The highest BCUT2D eigenvalue weighted by atomic mass is 19.1. The first-order valence-corrected chi connectivity index (χ1v) is 9.16. The van der Waals surface area contributed by atoms with Gasteiger partial charge in [0.1, 0.15) is 40.3 Å². The third-order valence-corrected chi connectivity index (χ3v) is 4.75. The molecule has 1 aliphatic carbocycles. The summed E-state index contributed by atoms with van der Waals surface area (Å²) in [5, 5.41) is 15.4. The summed E-state index contributed by atoms with van der Waals surface area (Å²) < 4.78 is 33.1. The molecule has 0 atom stereocenters. The van der Waals surface area contributed by atoms with Crippen molar-refractivity contribution in [1.29, 1.82) is 0 Å². The maximum atomic E-state index is 14.7. The SMILES string of the molecule is COc1c(Nc2nc(Nc3ccc(F)cn3)ccc2C(=O)O)cccc1C1(F)CC1. The average Bonchev–Trinajstić information content (AvgIpc) is 3.48. The number of aromatic nitrogens is 2. The van der Waals surface area contributed by atoms with E-state index in [0.717, 1.165) is 6.20 Å². The van der Waals surface area contributed by atoms with E-state index in [0.29, 0.717) is 41.5 Å². The van der Waals surface area contributed by atoms with E-state index < -0.39 is 17.5 Å². The number of carboxylic acids is 1. The highest BCUT2D eigenvalue weighted by molar-refractivity contribution is 5.94. The minimum atomic E-state index is -1.43. The minimum absolute atomic E-state index is 0.0359. The van der Waals surface area contributed by atoms with Crippen LogP contribution in [-0.4, -0.2) is 28.2 Å². The number of aromatic carboxylic acids is 1. The van der Waals surface area contributed by atoms with Crippen LogP contribution in [0, 0.1) is 5.82 Å². The summed E-state index contributed by atoms with van der Waals surface area (Å²) in [7, 11) is 1.43. The Labute approximate surface area is 170 Å². The number of pyridine rings is 2. The highest BCUT2D eigenvalue weighted by Crippen LogP contribution is 2.54. The topological polar surface area (TPSA) is 96.4 Å². The van der Waals surface area contributed by atoms with Gasteiger partial charge in [0, 0.05) is 5.56 Å². The predicted octanol–water partition coefficient (Wildman–Crippen LogP) is 4.77. The van der Waals surface area contributed by atoms with Crippen molar-refractivity contribution in [1.82, 2.24) is 9.97 Å². The summed E-state index contributed by atoms with van der Waals surface area (Å²) in [6.07, 6.45) is 1.87. The molecule has 9 heteroatoms. The third kappa shape index (κ3) is 3.86. The molecule has 1 aromatic carbocycles. The van der Waals surface area contributed by atoms with Crippen molar-refractivity contribution in [2.24, 2.45) is 0 Å². The van der Waals surface area contributed by atoms with Crippen molar-refractivity contribution in [3.8, 4) is 5.75 Å². The third-order valence-electron chi connectivity index (χ3n) is 4.75. The second-order valence-electron chi connectivity index (χ2n) is 6.86. The average molecular weight is 412 g/mol. The molecule has 0 aliphatic heterocycles. The van der Waals surface area contributed by atoms with Gasteiger partial charge in [0.05, 0.1) is 19.0 Å². The second-order valence-corrected chi connectivity index (χ2v) is 6.86. The number of rotatable bonds is 7. The lowest BCUT2D eigenvalue weighted by Gasteiger charge is -2.18. The standard InChI is InChI=1S/C21H18F2N4O3/c1-30-18-14(21(23)9-10-21)3-2-4-15(18)25-19-13(20(28)29)6-8-17(27-19)26-16-7-5-12(22)11-24-16/h2-8,11H,9-10H2,1H3,(H,28,29)(H2,24,25,26,27). The largest absolute Gasteiger partial charge is 0.494 e. The fourth-order valence-corrected chi connectivity index (χ4v) is 3.09. The maximum Gasteiger partial charge on any atom is 0.339 e. The van der Waals surface area contributed by atoms with Crippen LogP contribution in [0.15, 0.2) is 48.7 Å². The van der Waals surface area contributed by atoms with Gasteiger partial charge in [-0.3, -0.25) is 0 Å². The Balaban J connectivity index is 1.69. The molecule has 0 bridgehead atoms. The van der Waals surface area contributed by atoms with Gasteiger partial charge in [-0.15, -0.1) is 0 Å². The quantitative estimate of drug-likeness (QED) is 0.514. The molecule has 2 heterocycles. The number of para-hydroxylation sites is 1. The van der Waals surface area contributed by atoms with E-state index in [1.165, 1.54) is 31.4 Å². The van der Waals surface area contributed by atoms with Crippen LogP contribution in [0.25, 0.3) is 0 Å². The van der Waals surface area contributed by atoms with Crippen LogP contribution >= 0.6 is 0 Å². The van der Waals surface area contributed by atoms with Gasteiger partial charge in [-0.25, -0.2) is 23.5 Å².